The number of halogens is 3. The van der Waals surface area contributed by atoms with Crippen LogP contribution in [0.2, 0.25) is 10.0 Å². The van der Waals surface area contributed by atoms with Crippen molar-refractivity contribution in [3.63, 3.8) is 0 Å². The van der Waals surface area contributed by atoms with Gasteiger partial charge in [-0.25, -0.2) is 0 Å². The highest BCUT2D eigenvalue weighted by Gasteiger charge is 2.34. The molecule has 0 N–H and O–H groups in total. The van der Waals surface area contributed by atoms with Crippen molar-refractivity contribution in [2.75, 3.05) is 13.7 Å². The van der Waals surface area contributed by atoms with Crippen LogP contribution in [0.4, 0.5) is 4.79 Å². The lowest BCUT2D eigenvalue weighted by Gasteiger charge is -2.14. The van der Waals surface area contributed by atoms with Gasteiger partial charge >= 0.3 is 0 Å². The largest absolute Gasteiger partial charge is 0.493 e. The van der Waals surface area contributed by atoms with Gasteiger partial charge in [-0.15, -0.1) is 6.58 Å². The van der Waals surface area contributed by atoms with Crippen LogP contribution in [0.25, 0.3) is 6.08 Å². The van der Waals surface area contributed by atoms with Gasteiger partial charge in [-0.05, 0) is 69.2 Å². The number of carbonyl (C=O) groups excluding carboxylic acids is 2. The van der Waals surface area contributed by atoms with E-state index in [9.17, 15) is 9.59 Å². The number of benzene rings is 2. The molecule has 2 amide bonds. The van der Waals surface area contributed by atoms with Gasteiger partial charge < -0.3 is 9.47 Å². The van der Waals surface area contributed by atoms with Crippen LogP contribution in [0.15, 0.2) is 52.4 Å². The molecule has 1 aliphatic rings. The van der Waals surface area contributed by atoms with Crippen molar-refractivity contribution in [1.29, 1.82) is 0 Å². The SMILES string of the molecule is C=CCN1C(=O)S/C(=C/c2cc(Br)c(OCc3ccc(Cl)c(Cl)c3)c(OC)c2)C1=O. The first-order valence-corrected chi connectivity index (χ1v) is 11.0. The Morgan fingerprint density at radius 1 is 1.20 bits per heavy atom. The lowest BCUT2D eigenvalue weighted by Crippen LogP contribution is -2.27. The van der Waals surface area contributed by atoms with Crippen molar-refractivity contribution in [3.05, 3.63) is 73.5 Å². The molecule has 1 fully saturated rings. The Bertz CT molecular complexity index is 1060. The maximum atomic E-state index is 12.4. The van der Waals surface area contributed by atoms with E-state index in [-0.39, 0.29) is 24.3 Å². The Morgan fingerprint density at radius 3 is 2.63 bits per heavy atom. The highest BCUT2D eigenvalue weighted by Crippen LogP contribution is 2.39. The van der Waals surface area contributed by atoms with Crippen molar-refractivity contribution in [3.8, 4) is 11.5 Å². The summed E-state index contributed by atoms with van der Waals surface area (Å²) in [5, 5.41) is 0.601. The molecule has 2 aromatic rings. The molecule has 0 atom stereocenters. The van der Waals surface area contributed by atoms with Crippen molar-refractivity contribution in [2.45, 2.75) is 6.61 Å². The third-order valence-corrected chi connectivity index (χ3v) is 6.34. The molecule has 1 saturated heterocycles. The number of rotatable bonds is 7. The number of nitrogens with zero attached hydrogens (tertiary/aromatic N) is 1. The molecule has 30 heavy (non-hydrogen) atoms. The lowest BCUT2D eigenvalue weighted by atomic mass is 10.1. The fraction of sp³-hybridized carbons (Fsp3) is 0.143. The zero-order valence-corrected chi connectivity index (χ0v) is 19.7. The molecule has 0 bridgehead atoms. The minimum atomic E-state index is -0.347. The van der Waals surface area contributed by atoms with E-state index in [4.69, 9.17) is 32.7 Å². The fourth-order valence-electron chi connectivity index (χ4n) is 2.69. The van der Waals surface area contributed by atoms with Crippen LogP contribution < -0.4 is 9.47 Å². The predicted octanol–water partition coefficient (Wildman–Crippen LogP) is 6.57. The summed E-state index contributed by atoms with van der Waals surface area (Å²) in [6.45, 7) is 4.00. The standard InChI is InChI=1S/C21H16BrCl2NO4S/c1-3-6-25-20(26)18(30-21(25)27)10-13-7-14(22)19(17(9-13)28-2)29-11-12-4-5-15(23)16(24)8-12/h3-5,7-10H,1,6,11H2,2H3/b18-10+. The van der Waals surface area contributed by atoms with Gasteiger partial charge in [-0.3, -0.25) is 14.5 Å². The van der Waals surface area contributed by atoms with Crippen LogP contribution in [-0.2, 0) is 11.4 Å². The first-order chi connectivity index (χ1) is 14.3. The minimum Gasteiger partial charge on any atom is -0.493 e. The van der Waals surface area contributed by atoms with Crippen LogP contribution >= 0.6 is 50.9 Å². The van der Waals surface area contributed by atoms with Crippen molar-refractivity contribution in [1.82, 2.24) is 4.90 Å². The summed E-state index contributed by atoms with van der Waals surface area (Å²) in [5.74, 6) is 0.626. The van der Waals surface area contributed by atoms with E-state index in [2.05, 4.69) is 22.5 Å². The Morgan fingerprint density at radius 2 is 1.97 bits per heavy atom. The second-order valence-corrected chi connectivity index (χ2v) is 8.81. The number of amides is 2. The normalized spacial score (nSPS) is 15.1. The first kappa shape index (κ1) is 22.7. The molecule has 0 aliphatic carbocycles. The van der Waals surface area contributed by atoms with Gasteiger partial charge in [-0.2, -0.15) is 0 Å². The zero-order valence-electron chi connectivity index (χ0n) is 15.8. The van der Waals surface area contributed by atoms with Crippen LogP contribution in [0, 0.1) is 0 Å². The van der Waals surface area contributed by atoms with Gasteiger partial charge in [0.15, 0.2) is 11.5 Å². The number of carbonyl (C=O) groups is 2. The third-order valence-electron chi connectivity index (χ3n) is 4.10. The van der Waals surface area contributed by atoms with Crippen LogP contribution in [0.5, 0.6) is 11.5 Å². The molecule has 5 nitrogen and oxygen atoms in total. The minimum absolute atomic E-state index is 0.177. The number of ether oxygens (including phenoxy) is 2. The Kier molecular flexibility index (Phi) is 7.52. The van der Waals surface area contributed by atoms with E-state index in [1.54, 1.807) is 30.3 Å². The molecule has 0 spiro atoms. The molecular formula is C21H16BrCl2NO4S. The van der Waals surface area contributed by atoms with E-state index in [1.807, 2.05) is 6.07 Å². The number of hydrogen-bond donors (Lipinski definition) is 0. The van der Waals surface area contributed by atoms with E-state index < -0.39 is 0 Å². The maximum Gasteiger partial charge on any atom is 0.293 e. The summed E-state index contributed by atoms with van der Waals surface area (Å²) in [7, 11) is 1.52. The maximum absolute atomic E-state index is 12.4. The quantitative estimate of drug-likeness (QED) is 0.300. The average Bonchev–Trinajstić information content (AvgIpc) is 2.97. The number of imide groups is 1. The molecule has 1 heterocycles. The Labute approximate surface area is 196 Å². The molecule has 2 aromatic carbocycles. The molecule has 0 unspecified atom stereocenters. The summed E-state index contributed by atoms with van der Waals surface area (Å²) in [6, 6.07) is 8.78. The second-order valence-electron chi connectivity index (χ2n) is 6.15. The van der Waals surface area contributed by atoms with Gasteiger partial charge in [0.1, 0.15) is 6.61 Å². The van der Waals surface area contributed by atoms with E-state index in [0.29, 0.717) is 36.5 Å². The van der Waals surface area contributed by atoms with Gasteiger partial charge in [-0.1, -0.05) is 35.3 Å². The van der Waals surface area contributed by atoms with Crippen LogP contribution in [0.1, 0.15) is 11.1 Å². The first-order valence-electron chi connectivity index (χ1n) is 8.64. The molecule has 1 aliphatic heterocycles. The van der Waals surface area contributed by atoms with E-state index in [0.717, 1.165) is 22.2 Å². The fourth-order valence-corrected chi connectivity index (χ4v) is 4.43. The average molecular weight is 529 g/mol. The van der Waals surface area contributed by atoms with Crippen molar-refractivity contribution < 1.29 is 19.1 Å². The highest BCUT2D eigenvalue weighted by molar-refractivity contribution is 9.10. The molecule has 0 aromatic heterocycles. The Hall–Kier alpha value is -1.93. The zero-order chi connectivity index (χ0) is 21.8. The van der Waals surface area contributed by atoms with Crippen molar-refractivity contribution >= 4 is 68.1 Å². The van der Waals surface area contributed by atoms with Gasteiger partial charge in [0.05, 0.1) is 26.5 Å². The van der Waals surface area contributed by atoms with Gasteiger partial charge in [0.25, 0.3) is 11.1 Å². The molecule has 9 heteroatoms. The summed E-state index contributed by atoms with van der Waals surface area (Å²) in [6.07, 6.45) is 3.16. The van der Waals surface area contributed by atoms with E-state index >= 15 is 0 Å². The topological polar surface area (TPSA) is 55.8 Å². The molecule has 3 rings (SSSR count). The summed E-state index contributed by atoms with van der Waals surface area (Å²) >= 11 is 16.4. The number of hydrogen-bond acceptors (Lipinski definition) is 5. The van der Waals surface area contributed by atoms with Gasteiger partial charge in [0, 0.05) is 6.54 Å². The van der Waals surface area contributed by atoms with Crippen LogP contribution in [-0.4, -0.2) is 29.7 Å². The summed E-state index contributed by atoms with van der Waals surface area (Å²) < 4.78 is 12.0. The molecule has 156 valence electrons. The highest BCUT2D eigenvalue weighted by atomic mass is 79.9. The predicted molar refractivity (Wildman–Crippen MR) is 124 cm³/mol. The van der Waals surface area contributed by atoms with Crippen LogP contribution in [0.3, 0.4) is 0 Å². The molecule has 0 radical (unpaired) electrons. The second kappa shape index (κ2) is 9.92. The smallest absolute Gasteiger partial charge is 0.293 e. The lowest BCUT2D eigenvalue weighted by molar-refractivity contribution is -0.122. The Balaban J connectivity index is 1.83. The summed E-state index contributed by atoms with van der Waals surface area (Å²) in [4.78, 5) is 25.9. The molecular weight excluding hydrogens is 513 g/mol. The van der Waals surface area contributed by atoms with Crippen molar-refractivity contribution in [2.24, 2.45) is 0 Å². The number of methoxy groups -OCH3 is 1. The van der Waals surface area contributed by atoms with Gasteiger partial charge in [0.2, 0.25) is 0 Å². The summed E-state index contributed by atoms with van der Waals surface area (Å²) in [5.41, 5.74) is 1.53. The number of thioether (sulfide) groups is 1. The third kappa shape index (κ3) is 5.03. The molecule has 0 saturated carbocycles. The monoisotopic (exact) mass is 527 g/mol. The van der Waals surface area contributed by atoms with E-state index in [1.165, 1.54) is 13.2 Å².